The molecule has 29 heavy (non-hydrogen) atoms. The van der Waals surface area contributed by atoms with Gasteiger partial charge in [-0.05, 0) is 41.5 Å². The van der Waals surface area contributed by atoms with E-state index in [0.29, 0.717) is 5.82 Å². The Morgan fingerprint density at radius 1 is 1.17 bits per heavy atom. The normalized spacial score (nSPS) is 17.7. The molecular weight excluding hydrogens is 362 g/mol. The molecule has 6 heteroatoms. The number of pyridine rings is 1. The third-order valence-electron chi connectivity index (χ3n) is 5.35. The van der Waals surface area contributed by atoms with E-state index in [-0.39, 0.29) is 17.2 Å². The van der Waals surface area contributed by atoms with Crippen molar-refractivity contribution in [3.63, 3.8) is 0 Å². The van der Waals surface area contributed by atoms with Crippen LogP contribution in [0.2, 0.25) is 0 Å². The van der Waals surface area contributed by atoms with Gasteiger partial charge in [-0.15, -0.1) is 0 Å². The van der Waals surface area contributed by atoms with Crippen molar-refractivity contribution in [2.45, 2.75) is 27.2 Å². The molecule has 0 bridgehead atoms. The lowest BCUT2D eigenvalue weighted by Crippen LogP contribution is -2.32. The lowest BCUT2D eigenvalue weighted by molar-refractivity contribution is -0.119. The molecule has 1 aliphatic heterocycles. The van der Waals surface area contributed by atoms with Crippen LogP contribution in [0.5, 0.6) is 0 Å². The summed E-state index contributed by atoms with van der Waals surface area (Å²) in [6.07, 6.45) is 6.57. The molecule has 1 amide bonds. The topological polar surface area (TPSA) is 63.1 Å². The molecule has 1 unspecified atom stereocenters. The van der Waals surface area contributed by atoms with E-state index in [4.69, 9.17) is 0 Å². The van der Waals surface area contributed by atoms with Crippen LogP contribution >= 0.6 is 0 Å². The van der Waals surface area contributed by atoms with Crippen LogP contribution in [-0.2, 0) is 11.8 Å². The maximum atomic E-state index is 12.8. The van der Waals surface area contributed by atoms with Crippen LogP contribution < -0.4 is 5.32 Å². The highest BCUT2D eigenvalue weighted by molar-refractivity contribution is 5.95. The number of aromatic nitrogens is 3. The minimum Gasteiger partial charge on any atom is -0.310 e. The maximum absolute atomic E-state index is 12.8. The quantitative estimate of drug-likeness (QED) is 0.732. The first-order valence-corrected chi connectivity index (χ1v) is 10.2. The summed E-state index contributed by atoms with van der Waals surface area (Å²) in [7, 11) is 1.91. The summed E-state index contributed by atoms with van der Waals surface area (Å²) in [4.78, 5) is 19.6. The van der Waals surface area contributed by atoms with Gasteiger partial charge < -0.3 is 10.2 Å². The second-order valence-corrected chi connectivity index (χ2v) is 9.30. The molecule has 1 fully saturated rings. The van der Waals surface area contributed by atoms with Gasteiger partial charge in [0.05, 0.1) is 12.1 Å². The number of rotatable bonds is 4. The van der Waals surface area contributed by atoms with Crippen molar-refractivity contribution in [2.24, 2.45) is 18.4 Å². The smallest absolute Gasteiger partial charge is 0.229 e. The molecule has 2 aromatic heterocycles. The number of carbonyl (C=O) groups excluding carboxylic acids is 1. The Hall–Kier alpha value is -2.73. The van der Waals surface area contributed by atoms with E-state index < -0.39 is 0 Å². The number of carbonyl (C=O) groups is 1. The minimum absolute atomic E-state index is 0.0246. The van der Waals surface area contributed by atoms with Crippen molar-refractivity contribution < 1.29 is 4.79 Å². The van der Waals surface area contributed by atoms with Crippen molar-refractivity contribution in [3.05, 3.63) is 42.9 Å². The van der Waals surface area contributed by atoms with E-state index >= 15 is 0 Å². The number of aryl methyl sites for hydroxylation is 1. The zero-order valence-electron chi connectivity index (χ0n) is 17.6. The molecule has 1 aliphatic rings. The first-order valence-electron chi connectivity index (χ1n) is 10.2. The van der Waals surface area contributed by atoms with Gasteiger partial charge in [0.2, 0.25) is 5.91 Å². The van der Waals surface area contributed by atoms with Gasteiger partial charge in [0, 0.05) is 43.5 Å². The van der Waals surface area contributed by atoms with Gasteiger partial charge in [0.25, 0.3) is 0 Å². The van der Waals surface area contributed by atoms with Crippen LogP contribution in [0, 0.1) is 11.3 Å². The number of hydrogen-bond acceptors (Lipinski definition) is 4. The predicted molar refractivity (Wildman–Crippen MR) is 117 cm³/mol. The Bertz CT molecular complexity index is 1030. The Kier molecular flexibility index (Phi) is 5.13. The average molecular weight is 392 g/mol. The number of amides is 1. The van der Waals surface area contributed by atoms with Gasteiger partial charge in [-0.2, -0.15) is 5.10 Å². The van der Waals surface area contributed by atoms with Gasteiger partial charge in [0.1, 0.15) is 5.82 Å². The number of hydrogen-bond donors (Lipinski definition) is 1. The molecule has 1 atom stereocenters. The predicted octanol–water partition coefficient (Wildman–Crippen LogP) is 3.94. The number of likely N-dealkylation sites (tertiary alicyclic amines) is 1. The minimum atomic E-state index is 0.0246. The molecule has 3 heterocycles. The standard InChI is InChI=1S/C23H29N5O/c1-23(2,3)15-28-8-7-18(14-28)22(29)26-21-10-19-9-16(5-6-17(19)11-24-21)20-12-25-27(4)13-20/h5-6,9-13,18H,7-8,14-15H2,1-4H3,(H,24,26,29). The second kappa shape index (κ2) is 7.59. The zero-order valence-corrected chi connectivity index (χ0v) is 17.6. The number of nitrogens with zero attached hydrogens (tertiary/aromatic N) is 4. The summed E-state index contributed by atoms with van der Waals surface area (Å²) in [5.74, 6) is 0.702. The highest BCUT2D eigenvalue weighted by Crippen LogP contribution is 2.26. The number of nitrogens with one attached hydrogen (secondary N) is 1. The van der Waals surface area contributed by atoms with Crippen molar-refractivity contribution >= 4 is 22.5 Å². The molecule has 0 radical (unpaired) electrons. The zero-order chi connectivity index (χ0) is 20.6. The van der Waals surface area contributed by atoms with E-state index in [2.05, 4.69) is 59.3 Å². The molecular formula is C23H29N5O. The maximum Gasteiger partial charge on any atom is 0.229 e. The molecule has 4 rings (SSSR count). The van der Waals surface area contributed by atoms with Crippen molar-refractivity contribution in [2.75, 3.05) is 25.0 Å². The number of fused-ring (bicyclic) bond motifs is 1. The Morgan fingerprint density at radius 2 is 2.00 bits per heavy atom. The Labute approximate surface area is 171 Å². The first kappa shape index (κ1) is 19.6. The number of benzene rings is 1. The largest absolute Gasteiger partial charge is 0.310 e. The van der Waals surface area contributed by atoms with Gasteiger partial charge in [-0.3, -0.25) is 9.48 Å². The van der Waals surface area contributed by atoms with Crippen LogP contribution in [0.4, 0.5) is 5.82 Å². The summed E-state index contributed by atoms with van der Waals surface area (Å²) in [6.45, 7) is 9.52. The lowest BCUT2D eigenvalue weighted by atomic mass is 9.96. The highest BCUT2D eigenvalue weighted by Gasteiger charge is 2.30. The molecule has 6 nitrogen and oxygen atoms in total. The van der Waals surface area contributed by atoms with Gasteiger partial charge >= 0.3 is 0 Å². The Morgan fingerprint density at radius 3 is 2.72 bits per heavy atom. The van der Waals surface area contributed by atoms with Gasteiger partial charge in [-0.1, -0.05) is 32.9 Å². The molecule has 0 spiro atoms. The molecule has 0 saturated carbocycles. The van der Waals surface area contributed by atoms with Crippen molar-refractivity contribution in [3.8, 4) is 11.1 Å². The highest BCUT2D eigenvalue weighted by atomic mass is 16.2. The van der Waals surface area contributed by atoms with Crippen molar-refractivity contribution in [1.29, 1.82) is 0 Å². The first-order chi connectivity index (χ1) is 13.8. The van der Waals surface area contributed by atoms with Crippen LogP contribution in [-0.4, -0.2) is 45.2 Å². The van der Waals surface area contributed by atoms with E-state index in [9.17, 15) is 4.79 Å². The molecule has 3 aromatic rings. The summed E-state index contributed by atoms with van der Waals surface area (Å²) < 4.78 is 1.79. The average Bonchev–Trinajstić information content (AvgIpc) is 3.29. The lowest BCUT2D eigenvalue weighted by Gasteiger charge is -2.26. The molecule has 0 aliphatic carbocycles. The second-order valence-electron chi connectivity index (χ2n) is 9.30. The summed E-state index contributed by atoms with van der Waals surface area (Å²) in [5.41, 5.74) is 2.42. The molecule has 1 aromatic carbocycles. The van der Waals surface area contributed by atoms with E-state index in [1.165, 1.54) is 0 Å². The van der Waals surface area contributed by atoms with Crippen LogP contribution in [0.15, 0.2) is 42.9 Å². The third kappa shape index (κ3) is 4.65. The fourth-order valence-electron chi connectivity index (χ4n) is 4.05. The molecule has 152 valence electrons. The Balaban J connectivity index is 1.47. The van der Waals surface area contributed by atoms with Gasteiger partial charge in [0.15, 0.2) is 0 Å². The summed E-state index contributed by atoms with van der Waals surface area (Å²) in [6, 6.07) is 8.19. The monoisotopic (exact) mass is 391 g/mol. The fourth-order valence-corrected chi connectivity index (χ4v) is 4.05. The SMILES string of the molecule is Cn1cc(-c2ccc3cnc(NC(=O)C4CCN(CC(C)(C)C)C4)cc3c2)cn1. The van der Waals surface area contributed by atoms with Gasteiger partial charge in [-0.25, -0.2) is 4.98 Å². The third-order valence-corrected chi connectivity index (χ3v) is 5.35. The number of anilines is 1. The van der Waals surface area contributed by atoms with E-state index in [1.54, 1.807) is 4.68 Å². The molecule has 1 saturated heterocycles. The van der Waals surface area contributed by atoms with Crippen LogP contribution in [0.25, 0.3) is 21.9 Å². The van der Waals surface area contributed by atoms with Crippen LogP contribution in [0.3, 0.4) is 0 Å². The molecule has 1 N–H and O–H groups in total. The van der Waals surface area contributed by atoms with Crippen molar-refractivity contribution in [1.82, 2.24) is 19.7 Å². The summed E-state index contributed by atoms with van der Waals surface area (Å²) in [5, 5.41) is 9.38. The van der Waals surface area contributed by atoms with E-state index in [0.717, 1.165) is 48.0 Å². The fraction of sp³-hybridized carbons (Fsp3) is 0.435. The summed E-state index contributed by atoms with van der Waals surface area (Å²) >= 11 is 0. The van der Waals surface area contributed by atoms with Crippen LogP contribution in [0.1, 0.15) is 27.2 Å². The van der Waals surface area contributed by atoms with E-state index in [1.807, 2.05) is 31.7 Å².